The van der Waals surface area contributed by atoms with Crippen molar-refractivity contribution in [1.29, 1.82) is 0 Å². The lowest BCUT2D eigenvalue weighted by molar-refractivity contribution is -0.123. The van der Waals surface area contributed by atoms with E-state index >= 15 is 0 Å². The van der Waals surface area contributed by atoms with Crippen molar-refractivity contribution in [3.8, 4) is 17.2 Å². The van der Waals surface area contributed by atoms with E-state index in [1.807, 2.05) is 13.8 Å². The molecule has 0 radical (unpaired) electrons. The Morgan fingerprint density at radius 2 is 1.74 bits per heavy atom. The van der Waals surface area contributed by atoms with Crippen LogP contribution in [0.2, 0.25) is 10.0 Å². The molecule has 0 aromatic heterocycles. The van der Waals surface area contributed by atoms with Crippen LogP contribution < -0.4 is 25.0 Å². The van der Waals surface area contributed by atoms with Gasteiger partial charge in [-0.15, -0.1) is 0 Å². The fourth-order valence-electron chi connectivity index (χ4n) is 3.48. The zero-order valence-electron chi connectivity index (χ0n) is 21.8. The third-order valence-corrected chi connectivity index (χ3v) is 6.79. The minimum Gasteiger partial charge on any atom is -0.497 e. The predicted octanol–water partition coefficient (Wildman–Crippen LogP) is 6.26. The smallest absolute Gasteiger partial charge is 0.262 e. The number of hydrogen-bond donors (Lipinski definition) is 2. The first kappa shape index (κ1) is 30.3. The molecular weight excluding hydrogens is 609 g/mol. The summed E-state index contributed by atoms with van der Waals surface area (Å²) in [6, 6.07) is 14.5. The second-order valence-electron chi connectivity index (χ2n) is 8.72. The van der Waals surface area contributed by atoms with Crippen LogP contribution in [0.3, 0.4) is 0 Å². The molecule has 1 unspecified atom stereocenters. The highest BCUT2D eigenvalue weighted by Gasteiger charge is 2.24. The van der Waals surface area contributed by atoms with Gasteiger partial charge in [0.25, 0.3) is 11.8 Å². The fourth-order valence-corrected chi connectivity index (χ4v) is 4.52. The lowest BCUT2D eigenvalue weighted by Gasteiger charge is -2.20. The number of carbonyl (C=O) groups excluding carboxylic acids is 2. The third-order valence-electron chi connectivity index (χ3n) is 5.62. The Morgan fingerprint density at radius 1 is 1.03 bits per heavy atom. The van der Waals surface area contributed by atoms with Gasteiger partial charge >= 0.3 is 0 Å². The molecular formula is C28H28BrCl2N3O5. The van der Waals surface area contributed by atoms with Gasteiger partial charge in [0.2, 0.25) is 0 Å². The Bertz CT molecular complexity index is 1350. The molecule has 0 bridgehead atoms. The van der Waals surface area contributed by atoms with E-state index in [1.54, 1.807) is 61.7 Å². The maximum Gasteiger partial charge on any atom is 0.262 e. The van der Waals surface area contributed by atoms with Crippen molar-refractivity contribution < 1.29 is 23.8 Å². The first-order valence-corrected chi connectivity index (χ1v) is 13.4. The van der Waals surface area contributed by atoms with Crippen molar-refractivity contribution in [2.45, 2.75) is 26.5 Å². The molecule has 0 aliphatic heterocycles. The summed E-state index contributed by atoms with van der Waals surface area (Å²) in [7, 11) is 3.07. The number of halogens is 3. The molecule has 0 aliphatic carbocycles. The molecule has 0 spiro atoms. The van der Waals surface area contributed by atoms with Crippen LogP contribution >= 0.6 is 39.1 Å². The molecule has 11 heteroatoms. The quantitative estimate of drug-likeness (QED) is 0.191. The molecule has 3 rings (SSSR count). The highest BCUT2D eigenvalue weighted by Crippen LogP contribution is 2.37. The zero-order chi connectivity index (χ0) is 28.5. The summed E-state index contributed by atoms with van der Waals surface area (Å²) in [5.41, 5.74) is 4.32. The number of hydrogen-bond acceptors (Lipinski definition) is 6. The van der Waals surface area contributed by atoms with Crippen molar-refractivity contribution in [2.24, 2.45) is 11.0 Å². The van der Waals surface area contributed by atoms with Gasteiger partial charge in [-0.3, -0.25) is 9.59 Å². The Hall–Kier alpha value is -3.27. The van der Waals surface area contributed by atoms with Crippen molar-refractivity contribution in [3.05, 3.63) is 85.8 Å². The lowest BCUT2D eigenvalue weighted by Crippen LogP contribution is -2.48. The number of nitrogens with one attached hydrogen (secondary N) is 2. The largest absolute Gasteiger partial charge is 0.497 e. The highest BCUT2D eigenvalue weighted by molar-refractivity contribution is 9.10. The molecule has 39 heavy (non-hydrogen) atoms. The van der Waals surface area contributed by atoms with Gasteiger partial charge in [-0.1, -0.05) is 43.1 Å². The van der Waals surface area contributed by atoms with Crippen molar-refractivity contribution >= 4 is 57.2 Å². The number of nitrogens with zero attached hydrogens (tertiary/aromatic N) is 1. The lowest BCUT2D eigenvalue weighted by atomic mass is 10.0. The molecule has 0 heterocycles. The minimum absolute atomic E-state index is 0.179. The molecule has 0 saturated heterocycles. The summed E-state index contributed by atoms with van der Waals surface area (Å²) < 4.78 is 17.2. The van der Waals surface area contributed by atoms with E-state index in [2.05, 4.69) is 31.8 Å². The van der Waals surface area contributed by atoms with Gasteiger partial charge < -0.3 is 19.5 Å². The van der Waals surface area contributed by atoms with Gasteiger partial charge in [-0.2, -0.15) is 5.10 Å². The summed E-state index contributed by atoms with van der Waals surface area (Å²) >= 11 is 15.7. The summed E-state index contributed by atoms with van der Waals surface area (Å²) in [6.45, 7) is 3.87. The number of methoxy groups -OCH3 is 2. The second-order valence-corrected chi connectivity index (χ2v) is 10.4. The Morgan fingerprint density at radius 3 is 2.36 bits per heavy atom. The number of rotatable bonds is 11. The number of ether oxygens (including phenoxy) is 3. The van der Waals surface area contributed by atoms with Crippen LogP contribution in [0.1, 0.15) is 35.3 Å². The first-order chi connectivity index (χ1) is 18.6. The summed E-state index contributed by atoms with van der Waals surface area (Å²) in [4.78, 5) is 25.5. The molecule has 0 fully saturated rings. The van der Waals surface area contributed by atoms with Crippen LogP contribution in [0.4, 0.5) is 0 Å². The van der Waals surface area contributed by atoms with Gasteiger partial charge in [-0.25, -0.2) is 5.43 Å². The average molecular weight is 637 g/mol. The van der Waals surface area contributed by atoms with E-state index in [4.69, 9.17) is 37.4 Å². The molecule has 1 atom stereocenters. The molecule has 3 aromatic carbocycles. The monoisotopic (exact) mass is 635 g/mol. The van der Waals surface area contributed by atoms with Crippen LogP contribution in [0.5, 0.6) is 17.2 Å². The van der Waals surface area contributed by atoms with E-state index in [0.29, 0.717) is 42.9 Å². The number of amides is 2. The van der Waals surface area contributed by atoms with E-state index in [1.165, 1.54) is 13.3 Å². The molecule has 206 valence electrons. The normalized spacial score (nSPS) is 11.8. The highest BCUT2D eigenvalue weighted by atomic mass is 79.9. The molecule has 0 saturated carbocycles. The summed E-state index contributed by atoms with van der Waals surface area (Å²) in [6.07, 6.45) is 1.47. The van der Waals surface area contributed by atoms with E-state index in [0.717, 1.165) is 5.56 Å². The van der Waals surface area contributed by atoms with E-state index in [9.17, 15) is 9.59 Å². The molecule has 3 aromatic rings. The second kappa shape index (κ2) is 14.2. The molecule has 2 N–H and O–H groups in total. The maximum absolute atomic E-state index is 12.8. The standard InChI is InChI=1S/C28H28BrCl2N3O5/c1-16(2)25(33-27(35)18-6-9-21(37-3)10-7-18)28(36)34-32-14-17-11-22(29)26(24(12-17)38-4)39-15-19-5-8-20(30)13-23(19)31/h5-14,16,25H,15H2,1-4H3,(H,33,35)(H,34,36). The van der Waals surface area contributed by atoms with Gasteiger partial charge in [0.15, 0.2) is 11.5 Å². The predicted molar refractivity (Wildman–Crippen MR) is 156 cm³/mol. The van der Waals surface area contributed by atoms with Crippen LogP contribution in [0.15, 0.2) is 64.2 Å². The fraction of sp³-hybridized carbons (Fsp3) is 0.250. The first-order valence-electron chi connectivity index (χ1n) is 11.8. The van der Waals surface area contributed by atoms with Crippen LogP contribution in [-0.4, -0.2) is 38.3 Å². The number of benzene rings is 3. The Kier molecular flexibility index (Phi) is 11.0. The number of hydrazone groups is 1. The Balaban J connectivity index is 1.66. The molecule has 0 aliphatic rings. The van der Waals surface area contributed by atoms with Crippen molar-refractivity contribution in [1.82, 2.24) is 10.7 Å². The summed E-state index contributed by atoms with van der Waals surface area (Å²) in [5.74, 6) is 0.559. The van der Waals surface area contributed by atoms with Crippen molar-refractivity contribution in [3.63, 3.8) is 0 Å². The zero-order valence-corrected chi connectivity index (χ0v) is 24.9. The molecule has 2 amide bonds. The van der Waals surface area contributed by atoms with Crippen LogP contribution in [-0.2, 0) is 11.4 Å². The SMILES string of the molecule is COc1ccc(C(=O)NC(C(=O)NN=Cc2cc(Br)c(OCc3ccc(Cl)cc3Cl)c(OC)c2)C(C)C)cc1. The topological polar surface area (TPSA) is 98.2 Å². The summed E-state index contributed by atoms with van der Waals surface area (Å²) in [5, 5.41) is 7.87. The van der Waals surface area contributed by atoms with Crippen LogP contribution in [0.25, 0.3) is 0 Å². The van der Waals surface area contributed by atoms with Crippen molar-refractivity contribution in [2.75, 3.05) is 14.2 Å². The Labute approximate surface area is 245 Å². The van der Waals surface area contributed by atoms with Gasteiger partial charge in [0.1, 0.15) is 18.4 Å². The maximum atomic E-state index is 12.8. The van der Waals surface area contributed by atoms with Crippen LogP contribution in [0, 0.1) is 5.92 Å². The van der Waals surface area contributed by atoms with Gasteiger partial charge in [-0.05, 0) is 75.9 Å². The molecule has 8 nitrogen and oxygen atoms in total. The minimum atomic E-state index is -0.798. The number of carbonyl (C=O) groups is 2. The van der Waals surface area contributed by atoms with Gasteiger partial charge in [0.05, 0.1) is 24.9 Å². The third kappa shape index (κ3) is 8.36. The van der Waals surface area contributed by atoms with E-state index < -0.39 is 11.9 Å². The average Bonchev–Trinajstić information content (AvgIpc) is 2.91. The van der Waals surface area contributed by atoms with E-state index in [-0.39, 0.29) is 18.4 Å². The van der Waals surface area contributed by atoms with Gasteiger partial charge in [0, 0.05) is 21.2 Å².